The van der Waals surface area contributed by atoms with Gasteiger partial charge in [0.1, 0.15) is 11.4 Å². The molecule has 0 spiro atoms. The number of aromatic nitrogens is 2. The van der Waals surface area contributed by atoms with Crippen LogP contribution in [0.1, 0.15) is 52.8 Å². The summed E-state index contributed by atoms with van der Waals surface area (Å²) in [5.41, 5.74) is -0.726. The molecule has 1 aromatic heterocycles. The Hall–Kier alpha value is -1.36. The minimum Gasteiger partial charge on any atom is -0.465 e. The predicted octanol–water partition coefficient (Wildman–Crippen LogP) is 2.33. The first-order chi connectivity index (χ1) is 9.44. The van der Waals surface area contributed by atoms with Crippen molar-refractivity contribution in [2.24, 2.45) is 0 Å². The van der Waals surface area contributed by atoms with Gasteiger partial charge >= 0.3 is 5.97 Å². The van der Waals surface area contributed by atoms with Crippen LogP contribution in [0.25, 0.3) is 0 Å². The summed E-state index contributed by atoms with van der Waals surface area (Å²) >= 11 is 0. The van der Waals surface area contributed by atoms with E-state index in [4.69, 9.17) is 4.74 Å². The molecule has 0 bridgehead atoms. The van der Waals surface area contributed by atoms with E-state index in [9.17, 15) is 4.79 Å². The lowest BCUT2D eigenvalue weighted by molar-refractivity contribution is -0.151. The first kappa shape index (κ1) is 16.7. The Bertz CT molecular complexity index is 429. The van der Waals surface area contributed by atoms with Crippen molar-refractivity contribution in [2.45, 2.75) is 59.0 Å². The number of hydrogen-bond donors (Lipinski definition) is 1. The van der Waals surface area contributed by atoms with Crippen molar-refractivity contribution in [3.8, 4) is 0 Å². The zero-order valence-electron chi connectivity index (χ0n) is 13.3. The molecule has 0 saturated carbocycles. The lowest BCUT2D eigenvalue weighted by atomic mass is 10.0. The van der Waals surface area contributed by atoms with Crippen molar-refractivity contribution < 1.29 is 9.53 Å². The molecule has 20 heavy (non-hydrogen) atoms. The molecule has 0 fully saturated rings. The summed E-state index contributed by atoms with van der Waals surface area (Å²) in [6, 6.07) is 0. The van der Waals surface area contributed by atoms with Gasteiger partial charge in [-0.15, -0.1) is 0 Å². The van der Waals surface area contributed by atoms with Crippen LogP contribution < -0.4 is 5.32 Å². The first-order valence-electron chi connectivity index (χ1n) is 7.37. The molecule has 1 aromatic rings. The highest BCUT2D eigenvalue weighted by molar-refractivity contribution is 5.80. The molecule has 0 saturated heterocycles. The number of imidazole rings is 1. The van der Waals surface area contributed by atoms with Crippen LogP contribution in [0.15, 0.2) is 12.4 Å². The molecule has 114 valence electrons. The van der Waals surface area contributed by atoms with Crippen molar-refractivity contribution in [3.63, 3.8) is 0 Å². The Morgan fingerprint density at radius 2 is 2.20 bits per heavy atom. The first-order valence-corrected chi connectivity index (χ1v) is 7.37. The van der Waals surface area contributed by atoms with Crippen LogP contribution in [0.3, 0.4) is 0 Å². The van der Waals surface area contributed by atoms with Gasteiger partial charge in [0.15, 0.2) is 0 Å². The third-order valence-electron chi connectivity index (χ3n) is 3.24. The summed E-state index contributed by atoms with van der Waals surface area (Å²) in [5.74, 6) is 1.10. The molecule has 0 aromatic carbocycles. The van der Waals surface area contributed by atoms with E-state index in [1.807, 2.05) is 24.6 Å². The molecule has 1 N–H and O–H groups in total. The van der Waals surface area contributed by atoms with E-state index >= 15 is 0 Å². The smallest absolute Gasteiger partial charge is 0.327 e. The summed E-state index contributed by atoms with van der Waals surface area (Å²) in [6.07, 6.45) is 4.66. The maximum absolute atomic E-state index is 12.3. The molecule has 1 atom stereocenters. The van der Waals surface area contributed by atoms with Crippen molar-refractivity contribution >= 4 is 5.97 Å². The van der Waals surface area contributed by atoms with Crippen molar-refractivity contribution in [3.05, 3.63) is 18.2 Å². The summed E-state index contributed by atoms with van der Waals surface area (Å²) in [4.78, 5) is 16.6. The zero-order chi connectivity index (χ0) is 15.2. The van der Waals surface area contributed by atoms with Gasteiger partial charge in [-0.05, 0) is 26.8 Å². The molecular formula is C15H27N3O2. The quantitative estimate of drug-likeness (QED) is 0.743. The largest absolute Gasteiger partial charge is 0.465 e. The number of nitrogens with one attached hydrogen (secondary N) is 1. The predicted molar refractivity (Wildman–Crippen MR) is 79.6 cm³/mol. The molecule has 1 heterocycles. The summed E-state index contributed by atoms with van der Waals surface area (Å²) in [7, 11) is 0. The molecule has 0 radical (unpaired) electrons. The SMILES string of the molecule is CCCNC(C)(Cn1ccnc1C(C)C)C(=O)OCC. The number of esters is 1. The van der Waals surface area contributed by atoms with Crippen molar-refractivity contribution in [2.75, 3.05) is 13.2 Å². The van der Waals surface area contributed by atoms with Crippen LogP contribution in [0.4, 0.5) is 0 Å². The number of carbonyl (C=O) groups is 1. The molecule has 1 unspecified atom stereocenters. The van der Waals surface area contributed by atoms with Crippen LogP contribution in [0.2, 0.25) is 0 Å². The molecule has 0 aliphatic carbocycles. The fraction of sp³-hybridized carbons (Fsp3) is 0.733. The highest BCUT2D eigenvalue weighted by atomic mass is 16.5. The maximum Gasteiger partial charge on any atom is 0.327 e. The second-order valence-electron chi connectivity index (χ2n) is 5.55. The van der Waals surface area contributed by atoms with Crippen molar-refractivity contribution in [1.29, 1.82) is 0 Å². The number of nitrogens with zero attached hydrogens (tertiary/aromatic N) is 2. The average Bonchev–Trinajstić information content (AvgIpc) is 2.84. The minimum absolute atomic E-state index is 0.211. The third-order valence-corrected chi connectivity index (χ3v) is 3.24. The van der Waals surface area contributed by atoms with Gasteiger partial charge < -0.3 is 14.6 Å². The average molecular weight is 281 g/mol. The Morgan fingerprint density at radius 3 is 2.75 bits per heavy atom. The monoisotopic (exact) mass is 281 g/mol. The van der Waals surface area contributed by atoms with E-state index < -0.39 is 5.54 Å². The second-order valence-corrected chi connectivity index (χ2v) is 5.55. The Balaban J connectivity index is 2.93. The van der Waals surface area contributed by atoms with Gasteiger partial charge in [0.2, 0.25) is 0 Å². The van der Waals surface area contributed by atoms with Gasteiger partial charge in [-0.1, -0.05) is 20.8 Å². The Kier molecular flexibility index (Phi) is 6.20. The molecule has 0 aliphatic rings. The number of carbonyl (C=O) groups excluding carboxylic acids is 1. The third kappa shape index (κ3) is 4.07. The van der Waals surface area contributed by atoms with E-state index in [0.717, 1.165) is 18.8 Å². The number of ether oxygens (including phenoxy) is 1. The molecule has 0 amide bonds. The van der Waals surface area contributed by atoms with E-state index in [2.05, 4.69) is 31.1 Å². The normalized spacial score (nSPS) is 14.3. The maximum atomic E-state index is 12.3. The van der Waals surface area contributed by atoms with Crippen LogP contribution >= 0.6 is 0 Å². The van der Waals surface area contributed by atoms with Crippen LogP contribution in [0, 0.1) is 0 Å². The molecule has 1 rings (SSSR count). The van der Waals surface area contributed by atoms with E-state index in [1.54, 1.807) is 6.20 Å². The van der Waals surface area contributed by atoms with Gasteiger partial charge in [-0.3, -0.25) is 0 Å². The molecular weight excluding hydrogens is 254 g/mol. The zero-order valence-corrected chi connectivity index (χ0v) is 13.3. The van der Waals surface area contributed by atoms with Gasteiger partial charge in [0.25, 0.3) is 0 Å². The number of rotatable bonds is 8. The Morgan fingerprint density at radius 1 is 1.50 bits per heavy atom. The van der Waals surface area contributed by atoms with Gasteiger partial charge in [-0.25, -0.2) is 9.78 Å². The van der Waals surface area contributed by atoms with E-state index in [1.165, 1.54) is 0 Å². The van der Waals surface area contributed by atoms with Crippen LogP contribution in [-0.4, -0.2) is 34.2 Å². The van der Waals surface area contributed by atoms with Gasteiger partial charge in [0.05, 0.1) is 13.2 Å². The van der Waals surface area contributed by atoms with E-state index in [-0.39, 0.29) is 5.97 Å². The molecule has 0 aliphatic heterocycles. The number of hydrogen-bond acceptors (Lipinski definition) is 4. The molecule has 5 nitrogen and oxygen atoms in total. The highest BCUT2D eigenvalue weighted by Crippen LogP contribution is 2.17. The minimum atomic E-state index is -0.726. The fourth-order valence-electron chi connectivity index (χ4n) is 2.18. The fourth-order valence-corrected chi connectivity index (χ4v) is 2.18. The van der Waals surface area contributed by atoms with Gasteiger partial charge in [-0.2, -0.15) is 0 Å². The van der Waals surface area contributed by atoms with E-state index in [0.29, 0.717) is 19.1 Å². The second kappa shape index (κ2) is 7.43. The Labute approximate surface area is 121 Å². The lowest BCUT2D eigenvalue weighted by Gasteiger charge is -2.29. The summed E-state index contributed by atoms with van der Waals surface area (Å²) in [5, 5.41) is 3.31. The highest BCUT2D eigenvalue weighted by Gasteiger charge is 2.35. The van der Waals surface area contributed by atoms with Crippen molar-refractivity contribution in [1.82, 2.24) is 14.9 Å². The van der Waals surface area contributed by atoms with Crippen LogP contribution in [-0.2, 0) is 16.1 Å². The van der Waals surface area contributed by atoms with Gasteiger partial charge in [0, 0.05) is 18.3 Å². The van der Waals surface area contributed by atoms with Crippen LogP contribution in [0.5, 0.6) is 0 Å². The summed E-state index contributed by atoms with van der Waals surface area (Å²) in [6.45, 7) is 11.7. The topological polar surface area (TPSA) is 56.2 Å². The molecule has 5 heteroatoms. The lowest BCUT2D eigenvalue weighted by Crippen LogP contribution is -2.53. The standard InChI is InChI=1S/C15H27N3O2/c1-6-8-17-15(5,14(19)20-7-2)11-18-10-9-16-13(18)12(3)4/h9-10,12,17H,6-8,11H2,1-5H3. The summed E-state index contributed by atoms with van der Waals surface area (Å²) < 4.78 is 7.25.